The van der Waals surface area contributed by atoms with Crippen LogP contribution in [0.3, 0.4) is 0 Å². The fourth-order valence-electron chi connectivity index (χ4n) is 2.83. The second-order valence-corrected chi connectivity index (χ2v) is 6.90. The number of halogens is 2. The average Bonchev–Trinajstić information content (AvgIpc) is 2.73. The van der Waals surface area contributed by atoms with Crippen LogP contribution in [0.1, 0.15) is 28.4 Å². The van der Waals surface area contributed by atoms with Crippen LogP contribution in [-0.4, -0.2) is 17.7 Å². The van der Waals surface area contributed by atoms with E-state index in [1.165, 1.54) is 18.2 Å². The van der Waals surface area contributed by atoms with E-state index in [-0.39, 0.29) is 18.0 Å². The van der Waals surface area contributed by atoms with Crippen molar-refractivity contribution in [3.63, 3.8) is 0 Å². The van der Waals surface area contributed by atoms with Crippen molar-refractivity contribution in [1.29, 1.82) is 0 Å². The monoisotopic (exact) mass is 429 g/mol. The number of hydrogen-bond acceptors (Lipinski definition) is 4. The summed E-state index contributed by atoms with van der Waals surface area (Å²) in [4.78, 5) is 11.1. The van der Waals surface area contributed by atoms with Gasteiger partial charge in [0.15, 0.2) is 11.5 Å². The highest BCUT2D eigenvalue weighted by atomic mass is 35.5. The Balaban J connectivity index is 1.74. The molecule has 0 unspecified atom stereocenters. The van der Waals surface area contributed by atoms with Gasteiger partial charge in [-0.15, -0.1) is 0 Å². The molecule has 0 aliphatic rings. The van der Waals surface area contributed by atoms with Crippen molar-refractivity contribution in [2.45, 2.75) is 20.1 Å². The van der Waals surface area contributed by atoms with Crippen molar-refractivity contribution < 1.29 is 23.8 Å². The van der Waals surface area contributed by atoms with Gasteiger partial charge in [0, 0.05) is 12.2 Å². The fraction of sp³-hybridized carbons (Fsp3) is 0.174. The second kappa shape index (κ2) is 9.98. The summed E-state index contributed by atoms with van der Waals surface area (Å²) in [6.07, 6.45) is 0. The highest BCUT2D eigenvalue weighted by molar-refractivity contribution is 6.32. The summed E-state index contributed by atoms with van der Waals surface area (Å²) in [7, 11) is 0. The minimum Gasteiger partial charge on any atom is -0.490 e. The number of carboxylic acids is 1. The van der Waals surface area contributed by atoms with Crippen LogP contribution in [0.4, 0.5) is 10.1 Å². The summed E-state index contributed by atoms with van der Waals surface area (Å²) in [6.45, 7) is 2.93. The smallest absolute Gasteiger partial charge is 0.335 e. The maximum Gasteiger partial charge on any atom is 0.335 e. The van der Waals surface area contributed by atoms with Crippen LogP contribution in [0, 0.1) is 5.82 Å². The zero-order chi connectivity index (χ0) is 21.5. The van der Waals surface area contributed by atoms with Crippen LogP contribution in [0.15, 0.2) is 60.7 Å². The minimum absolute atomic E-state index is 0.206. The van der Waals surface area contributed by atoms with Crippen LogP contribution in [0.25, 0.3) is 0 Å². The lowest BCUT2D eigenvalue weighted by Crippen LogP contribution is -2.04. The largest absolute Gasteiger partial charge is 0.490 e. The lowest BCUT2D eigenvalue weighted by Gasteiger charge is -2.16. The van der Waals surface area contributed by atoms with Gasteiger partial charge in [-0.3, -0.25) is 0 Å². The van der Waals surface area contributed by atoms with Crippen molar-refractivity contribution in [3.05, 3.63) is 88.2 Å². The molecule has 0 aromatic heterocycles. The standard InChI is InChI=1S/C23H21ClFNO4/c1-2-29-21-11-16(13-26-19-5-3-4-17(12-19)23(27)28)10-20(24)22(21)30-14-15-6-8-18(25)9-7-15/h3-12,26H,2,13-14H2,1H3,(H,27,28). The van der Waals surface area contributed by atoms with Crippen LogP contribution >= 0.6 is 11.6 Å². The third-order valence-corrected chi connectivity index (χ3v) is 4.55. The summed E-state index contributed by atoms with van der Waals surface area (Å²) in [6, 6.07) is 16.2. The van der Waals surface area contributed by atoms with Gasteiger partial charge in [-0.25, -0.2) is 9.18 Å². The Labute approximate surface area is 179 Å². The number of benzene rings is 3. The van der Waals surface area contributed by atoms with Gasteiger partial charge in [0.1, 0.15) is 12.4 Å². The molecule has 0 radical (unpaired) electrons. The van der Waals surface area contributed by atoms with Crippen LogP contribution < -0.4 is 14.8 Å². The number of hydrogen-bond donors (Lipinski definition) is 2. The number of anilines is 1. The maximum atomic E-state index is 13.1. The Morgan fingerprint density at radius 2 is 1.83 bits per heavy atom. The van der Waals surface area contributed by atoms with Gasteiger partial charge in [0.05, 0.1) is 17.2 Å². The van der Waals surface area contributed by atoms with Gasteiger partial charge < -0.3 is 19.9 Å². The average molecular weight is 430 g/mol. The normalized spacial score (nSPS) is 10.5. The molecule has 0 spiro atoms. The molecule has 0 fully saturated rings. The van der Waals surface area contributed by atoms with Crippen LogP contribution in [0.2, 0.25) is 5.02 Å². The molecule has 3 aromatic rings. The zero-order valence-corrected chi connectivity index (χ0v) is 17.1. The molecule has 156 valence electrons. The summed E-state index contributed by atoms with van der Waals surface area (Å²) < 4.78 is 24.6. The molecule has 0 amide bonds. The van der Waals surface area contributed by atoms with E-state index in [9.17, 15) is 9.18 Å². The van der Waals surface area contributed by atoms with E-state index in [0.717, 1.165) is 11.1 Å². The third-order valence-electron chi connectivity index (χ3n) is 4.27. The van der Waals surface area contributed by atoms with E-state index in [0.29, 0.717) is 35.4 Å². The molecule has 2 N–H and O–H groups in total. The molecule has 0 aliphatic carbocycles. The highest BCUT2D eigenvalue weighted by Crippen LogP contribution is 2.37. The van der Waals surface area contributed by atoms with E-state index in [2.05, 4.69) is 5.32 Å². The number of carboxylic acid groups (broad SMARTS) is 1. The molecule has 0 bridgehead atoms. The van der Waals surface area contributed by atoms with Crippen LogP contribution in [0.5, 0.6) is 11.5 Å². The molecule has 30 heavy (non-hydrogen) atoms. The first-order chi connectivity index (χ1) is 14.5. The van der Waals surface area contributed by atoms with E-state index in [1.54, 1.807) is 36.4 Å². The Morgan fingerprint density at radius 1 is 1.07 bits per heavy atom. The van der Waals surface area contributed by atoms with E-state index < -0.39 is 5.97 Å². The van der Waals surface area contributed by atoms with E-state index in [4.69, 9.17) is 26.2 Å². The molecule has 3 aromatic carbocycles. The predicted molar refractivity (Wildman–Crippen MR) is 114 cm³/mol. The highest BCUT2D eigenvalue weighted by Gasteiger charge is 2.13. The van der Waals surface area contributed by atoms with Gasteiger partial charge in [-0.1, -0.05) is 29.8 Å². The van der Waals surface area contributed by atoms with E-state index in [1.807, 2.05) is 13.0 Å². The van der Waals surface area contributed by atoms with Crippen molar-refractivity contribution >= 4 is 23.3 Å². The Bertz CT molecular complexity index is 1020. The molecule has 0 aliphatic heterocycles. The molecular weight excluding hydrogens is 409 g/mol. The van der Waals surface area contributed by atoms with Gasteiger partial charge in [-0.05, 0) is 60.5 Å². The summed E-state index contributed by atoms with van der Waals surface area (Å²) in [5.41, 5.74) is 2.54. The SMILES string of the molecule is CCOc1cc(CNc2cccc(C(=O)O)c2)cc(Cl)c1OCc1ccc(F)cc1. The topological polar surface area (TPSA) is 67.8 Å². The number of carbonyl (C=O) groups is 1. The Kier molecular flexibility index (Phi) is 7.14. The van der Waals surface area contributed by atoms with Crippen molar-refractivity contribution in [3.8, 4) is 11.5 Å². The number of nitrogens with one attached hydrogen (secondary N) is 1. The molecule has 0 saturated carbocycles. The number of ether oxygens (including phenoxy) is 2. The molecule has 5 nitrogen and oxygen atoms in total. The fourth-order valence-corrected chi connectivity index (χ4v) is 3.12. The molecular formula is C23H21ClFNO4. The van der Waals surface area contributed by atoms with Gasteiger partial charge >= 0.3 is 5.97 Å². The first kappa shape index (κ1) is 21.5. The van der Waals surface area contributed by atoms with Crippen molar-refractivity contribution in [1.82, 2.24) is 0 Å². The molecule has 7 heteroatoms. The summed E-state index contributed by atoms with van der Waals surface area (Å²) >= 11 is 6.44. The van der Waals surface area contributed by atoms with Crippen molar-refractivity contribution in [2.75, 3.05) is 11.9 Å². The van der Waals surface area contributed by atoms with Gasteiger partial charge in [0.2, 0.25) is 0 Å². The maximum absolute atomic E-state index is 13.1. The van der Waals surface area contributed by atoms with Crippen LogP contribution in [-0.2, 0) is 13.2 Å². The van der Waals surface area contributed by atoms with Gasteiger partial charge in [-0.2, -0.15) is 0 Å². The Morgan fingerprint density at radius 3 is 2.53 bits per heavy atom. The second-order valence-electron chi connectivity index (χ2n) is 6.49. The lowest BCUT2D eigenvalue weighted by atomic mass is 10.1. The zero-order valence-electron chi connectivity index (χ0n) is 16.3. The van der Waals surface area contributed by atoms with Gasteiger partial charge in [0.25, 0.3) is 0 Å². The first-order valence-corrected chi connectivity index (χ1v) is 9.73. The minimum atomic E-state index is -0.983. The summed E-state index contributed by atoms with van der Waals surface area (Å²) in [5, 5.41) is 12.7. The first-order valence-electron chi connectivity index (χ1n) is 9.36. The number of rotatable bonds is 9. The molecule has 0 saturated heterocycles. The van der Waals surface area contributed by atoms with Crippen molar-refractivity contribution in [2.24, 2.45) is 0 Å². The quantitative estimate of drug-likeness (QED) is 0.452. The number of aromatic carboxylic acids is 1. The molecule has 0 heterocycles. The molecule has 3 rings (SSSR count). The summed E-state index contributed by atoms with van der Waals surface area (Å²) in [5.74, 6) is -0.372. The lowest BCUT2D eigenvalue weighted by molar-refractivity contribution is 0.0697. The van der Waals surface area contributed by atoms with E-state index >= 15 is 0 Å². The predicted octanol–water partition coefficient (Wildman–Crippen LogP) is 5.77. The molecule has 0 atom stereocenters. The Hall–Kier alpha value is -3.25. The third kappa shape index (κ3) is 5.64.